The second-order valence-corrected chi connectivity index (χ2v) is 6.56. The summed E-state index contributed by atoms with van der Waals surface area (Å²) >= 11 is 7.42. The van der Waals surface area contributed by atoms with Gasteiger partial charge in [-0.3, -0.25) is 9.59 Å². The van der Waals surface area contributed by atoms with E-state index in [9.17, 15) is 9.59 Å². The number of fused-ring (bicyclic) bond motifs is 1. The zero-order chi connectivity index (χ0) is 17.8. The Bertz CT molecular complexity index is 919. The van der Waals surface area contributed by atoms with Gasteiger partial charge in [-0.2, -0.15) is 0 Å². The van der Waals surface area contributed by atoms with Crippen LogP contribution in [0, 0.1) is 0 Å². The number of carbonyl (C=O) groups excluding carboxylic acids is 2. The van der Waals surface area contributed by atoms with Gasteiger partial charge < -0.3 is 14.6 Å². The van der Waals surface area contributed by atoms with Crippen LogP contribution in [0.2, 0.25) is 5.02 Å². The molecule has 0 saturated carbocycles. The van der Waals surface area contributed by atoms with Gasteiger partial charge in [-0.15, -0.1) is 11.3 Å². The monoisotopic (exact) mass is 377 g/mol. The minimum atomic E-state index is -0.332. The van der Waals surface area contributed by atoms with E-state index in [1.54, 1.807) is 12.3 Å². The first-order chi connectivity index (χ1) is 12.1. The third kappa shape index (κ3) is 4.18. The molecule has 6 nitrogen and oxygen atoms in total. The second kappa shape index (κ2) is 7.67. The highest BCUT2D eigenvalue weighted by Gasteiger charge is 2.12. The van der Waals surface area contributed by atoms with E-state index >= 15 is 0 Å². The average molecular weight is 378 g/mol. The number of carbonyl (C=O) groups is 2. The number of benzene rings is 1. The number of nitrogens with one attached hydrogen (secondary N) is 1. The van der Waals surface area contributed by atoms with Gasteiger partial charge in [0.1, 0.15) is 6.54 Å². The fraction of sp³-hybridized carbons (Fsp3) is 0.235. The Kier molecular flexibility index (Phi) is 5.35. The molecular formula is C17H16ClN3O3S. The molecule has 2 aromatic heterocycles. The number of anilines is 1. The van der Waals surface area contributed by atoms with Crippen molar-refractivity contribution >= 4 is 50.8 Å². The molecule has 0 radical (unpaired) electrons. The molecule has 0 fully saturated rings. The van der Waals surface area contributed by atoms with Crippen molar-refractivity contribution in [3.63, 3.8) is 0 Å². The fourth-order valence-electron chi connectivity index (χ4n) is 2.44. The normalized spacial score (nSPS) is 10.8. The Hall–Kier alpha value is -2.38. The molecule has 0 aliphatic rings. The van der Waals surface area contributed by atoms with Gasteiger partial charge in [0.2, 0.25) is 5.91 Å². The highest BCUT2D eigenvalue weighted by molar-refractivity contribution is 7.13. The lowest BCUT2D eigenvalue weighted by Gasteiger charge is -2.05. The molecule has 3 rings (SSSR count). The van der Waals surface area contributed by atoms with E-state index in [0.717, 1.165) is 10.9 Å². The number of halogens is 1. The molecule has 2 heterocycles. The van der Waals surface area contributed by atoms with E-state index in [2.05, 4.69) is 10.3 Å². The summed E-state index contributed by atoms with van der Waals surface area (Å²) in [6, 6.07) is 7.46. The maximum atomic E-state index is 12.3. The molecule has 0 unspecified atom stereocenters. The molecule has 130 valence electrons. The van der Waals surface area contributed by atoms with E-state index in [1.165, 1.54) is 11.3 Å². The summed E-state index contributed by atoms with van der Waals surface area (Å²) in [6.45, 7) is 2.24. The van der Waals surface area contributed by atoms with Crippen molar-refractivity contribution < 1.29 is 14.3 Å². The van der Waals surface area contributed by atoms with Crippen LogP contribution in [0.15, 0.2) is 35.8 Å². The van der Waals surface area contributed by atoms with Gasteiger partial charge in [0.05, 0.1) is 18.7 Å². The third-order valence-corrected chi connectivity index (χ3v) is 4.64. The minimum Gasteiger partial charge on any atom is -0.466 e. The molecule has 8 heteroatoms. The maximum absolute atomic E-state index is 12.3. The number of ether oxygens (including phenoxy) is 1. The lowest BCUT2D eigenvalue weighted by Crippen LogP contribution is -2.18. The summed E-state index contributed by atoms with van der Waals surface area (Å²) in [5.74, 6) is -0.532. The summed E-state index contributed by atoms with van der Waals surface area (Å²) in [7, 11) is 0. The van der Waals surface area contributed by atoms with Crippen LogP contribution in [0.25, 0.3) is 10.9 Å². The van der Waals surface area contributed by atoms with Crippen LogP contribution in [-0.4, -0.2) is 28.0 Å². The van der Waals surface area contributed by atoms with Crippen LogP contribution in [0.5, 0.6) is 0 Å². The largest absolute Gasteiger partial charge is 0.466 e. The van der Waals surface area contributed by atoms with Crippen molar-refractivity contribution in [1.82, 2.24) is 9.55 Å². The molecule has 1 amide bonds. The van der Waals surface area contributed by atoms with Gasteiger partial charge in [0.15, 0.2) is 5.13 Å². The lowest BCUT2D eigenvalue weighted by molar-refractivity contribution is -0.142. The predicted molar refractivity (Wildman–Crippen MR) is 98.0 cm³/mol. The Balaban J connectivity index is 1.63. The first-order valence-electron chi connectivity index (χ1n) is 7.70. The molecule has 0 saturated heterocycles. The van der Waals surface area contributed by atoms with Crippen molar-refractivity contribution in [2.45, 2.75) is 19.9 Å². The first-order valence-corrected chi connectivity index (χ1v) is 8.96. The summed E-state index contributed by atoms with van der Waals surface area (Å²) < 4.78 is 6.70. The molecule has 0 aliphatic carbocycles. The molecular weight excluding hydrogens is 362 g/mol. The topological polar surface area (TPSA) is 73.2 Å². The van der Waals surface area contributed by atoms with E-state index < -0.39 is 0 Å². The standard InChI is InChI=1S/C17H16ClN3O3S/c1-2-24-16(23)8-11-10-25-17(19-11)20-15(22)9-21-7-6-12-13(18)4-3-5-14(12)21/h3-7,10H,2,8-9H2,1H3,(H,19,20,22). The van der Waals surface area contributed by atoms with Gasteiger partial charge in [-0.1, -0.05) is 17.7 Å². The summed E-state index contributed by atoms with van der Waals surface area (Å²) in [4.78, 5) is 27.9. The van der Waals surface area contributed by atoms with Crippen LogP contribution >= 0.6 is 22.9 Å². The highest BCUT2D eigenvalue weighted by atomic mass is 35.5. The number of nitrogens with zero attached hydrogens (tertiary/aromatic N) is 2. The SMILES string of the molecule is CCOC(=O)Cc1csc(NC(=O)Cn2ccc3c(Cl)cccc32)n1. The maximum Gasteiger partial charge on any atom is 0.311 e. The van der Waals surface area contributed by atoms with Crippen LogP contribution in [0.4, 0.5) is 5.13 Å². The van der Waals surface area contributed by atoms with Crippen LogP contribution in [0.3, 0.4) is 0 Å². The summed E-state index contributed by atoms with van der Waals surface area (Å²) in [5.41, 5.74) is 1.47. The molecule has 25 heavy (non-hydrogen) atoms. The Morgan fingerprint density at radius 3 is 3.00 bits per heavy atom. The minimum absolute atomic E-state index is 0.0982. The molecule has 0 atom stereocenters. The number of amides is 1. The summed E-state index contributed by atoms with van der Waals surface area (Å²) in [5, 5.41) is 6.50. The van der Waals surface area contributed by atoms with Crippen LogP contribution in [0.1, 0.15) is 12.6 Å². The Morgan fingerprint density at radius 2 is 2.20 bits per heavy atom. The van der Waals surface area contributed by atoms with Crippen molar-refractivity contribution in [3.8, 4) is 0 Å². The number of hydrogen-bond donors (Lipinski definition) is 1. The number of aromatic nitrogens is 2. The Labute approximate surface area is 153 Å². The van der Waals surface area contributed by atoms with Crippen LogP contribution < -0.4 is 5.32 Å². The van der Waals surface area contributed by atoms with Crippen molar-refractivity contribution in [1.29, 1.82) is 0 Å². The number of rotatable bonds is 6. The van der Waals surface area contributed by atoms with E-state index in [1.807, 2.05) is 35.0 Å². The number of hydrogen-bond acceptors (Lipinski definition) is 5. The molecule has 3 aromatic rings. The first kappa shape index (κ1) is 17.4. The number of thiazole rings is 1. The molecule has 1 N–H and O–H groups in total. The van der Waals surface area contributed by atoms with Gasteiger partial charge in [0.25, 0.3) is 0 Å². The zero-order valence-corrected chi connectivity index (χ0v) is 15.1. The Morgan fingerprint density at radius 1 is 1.36 bits per heavy atom. The highest BCUT2D eigenvalue weighted by Crippen LogP contribution is 2.24. The lowest BCUT2D eigenvalue weighted by atomic mass is 10.2. The van der Waals surface area contributed by atoms with Crippen LogP contribution in [-0.2, 0) is 27.3 Å². The van der Waals surface area contributed by atoms with Gasteiger partial charge >= 0.3 is 5.97 Å². The third-order valence-electron chi connectivity index (χ3n) is 3.50. The quantitative estimate of drug-likeness (QED) is 0.667. The molecule has 1 aromatic carbocycles. The zero-order valence-electron chi connectivity index (χ0n) is 13.5. The van der Waals surface area contributed by atoms with Gasteiger partial charge in [-0.25, -0.2) is 4.98 Å². The fourth-order valence-corrected chi connectivity index (χ4v) is 3.40. The van der Waals surface area contributed by atoms with Crippen molar-refractivity contribution in [2.24, 2.45) is 0 Å². The van der Waals surface area contributed by atoms with E-state index in [0.29, 0.717) is 22.5 Å². The smallest absolute Gasteiger partial charge is 0.311 e. The van der Waals surface area contributed by atoms with Gasteiger partial charge in [-0.05, 0) is 25.1 Å². The molecule has 0 spiro atoms. The second-order valence-electron chi connectivity index (χ2n) is 5.29. The molecule has 0 aliphatic heterocycles. The molecule has 0 bridgehead atoms. The van der Waals surface area contributed by atoms with Gasteiger partial charge in [0, 0.05) is 27.5 Å². The van der Waals surface area contributed by atoms with E-state index in [-0.39, 0.29) is 24.8 Å². The predicted octanol–water partition coefficient (Wildman–Crippen LogP) is 3.50. The van der Waals surface area contributed by atoms with Crippen molar-refractivity contribution in [2.75, 3.05) is 11.9 Å². The summed E-state index contributed by atoms with van der Waals surface area (Å²) in [6.07, 6.45) is 1.92. The van der Waals surface area contributed by atoms with Crippen molar-refractivity contribution in [3.05, 3.63) is 46.6 Å². The van der Waals surface area contributed by atoms with E-state index in [4.69, 9.17) is 16.3 Å². The average Bonchev–Trinajstić information content (AvgIpc) is 3.16. The number of esters is 1.